The number of hydrogen-bond donors (Lipinski definition) is 0. The summed E-state index contributed by atoms with van der Waals surface area (Å²) in [4.78, 5) is 12.1. The molecule has 1 rings (SSSR count). The summed E-state index contributed by atoms with van der Waals surface area (Å²) in [5.74, 6) is 0.0583. The Morgan fingerprint density at radius 2 is 2.20 bits per heavy atom. The molecule has 0 aromatic heterocycles. The third-order valence-electron chi connectivity index (χ3n) is 1.74. The third-order valence-corrected chi connectivity index (χ3v) is 2.68. The number of thioether (sulfide) groups is 1. The number of halogens is 1. The van der Waals surface area contributed by atoms with E-state index in [9.17, 15) is 9.18 Å². The highest BCUT2D eigenvalue weighted by Gasteiger charge is 2.12. The van der Waals surface area contributed by atoms with Crippen LogP contribution in [0.3, 0.4) is 0 Å². The summed E-state index contributed by atoms with van der Waals surface area (Å²) in [6, 6.07) is 4.09. The summed E-state index contributed by atoms with van der Waals surface area (Å²) in [6.45, 7) is 4.02. The van der Waals surface area contributed by atoms with Gasteiger partial charge in [0.2, 0.25) is 0 Å². The number of benzene rings is 1. The van der Waals surface area contributed by atoms with Gasteiger partial charge in [0.05, 0.1) is 12.2 Å². The zero-order chi connectivity index (χ0) is 11.3. The van der Waals surface area contributed by atoms with Gasteiger partial charge in [-0.1, -0.05) is 6.92 Å². The van der Waals surface area contributed by atoms with E-state index in [4.69, 9.17) is 4.74 Å². The molecule has 2 nitrogen and oxygen atoms in total. The summed E-state index contributed by atoms with van der Waals surface area (Å²) in [5, 5.41) is 0. The van der Waals surface area contributed by atoms with Gasteiger partial charge in [0, 0.05) is 4.90 Å². The van der Waals surface area contributed by atoms with Crippen LogP contribution < -0.4 is 0 Å². The third kappa shape index (κ3) is 3.23. The predicted molar refractivity (Wildman–Crippen MR) is 58.8 cm³/mol. The monoisotopic (exact) mass is 228 g/mol. The van der Waals surface area contributed by atoms with Crippen LogP contribution in [0.15, 0.2) is 23.1 Å². The number of carbonyl (C=O) groups excluding carboxylic acids is 1. The number of esters is 1. The molecule has 0 unspecified atom stereocenters. The maximum absolute atomic E-state index is 13.0. The van der Waals surface area contributed by atoms with Crippen LogP contribution in [0.5, 0.6) is 0 Å². The predicted octanol–water partition coefficient (Wildman–Crippen LogP) is 3.11. The van der Waals surface area contributed by atoms with Crippen LogP contribution in [0.1, 0.15) is 24.2 Å². The highest BCUT2D eigenvalue weighted by atomic mass is 32.2. The average Bonchev–Trinajstić information content (AvgIpc) is 2.18. The second-order valence-corrected chi connectivity index (χ2v) is 4.10. The lowest BCUT2D eigenvalue weighted by atomic mass is 10.2. The molecule has 0 saturated carbocycles. The molecule has 0 bridgehead atoms. The van der Waals surface area contributed by atoms with Crippen molar-refractivity contribution < 1.29 is 13.9 Å². The molecule has 1 aromatic carbocycles. The van der Waals surface area contributed by atoms with E-state index in [1.54, 1.807) is 6.92 Å². The Morgan fingerprint density at radius 3 is 2.80 bits per heavy atom. The first-order chi connectivity index (χ1) is 7.19. The molecule has 15 heavy (non-hydrogen) atoms. The van der Waals surface area contributed by atoms with Gasteiger partial charge in [0.1, 0.15) is 5.82 Å². The largest absolute Gasteiger partial charge is 0.462 e. The van der Waals surface area contributed by atoms with Crippen LogP contribution in [0.4, 0.5) is 4.39 Å². The van der Waals surface area contributed by atoms with Crippen molar-refractivity contribution >= 4 is 17.7 Å². The second-order valence-electron chi connectivity index (χ2n) is 2.79. The minimum absolute atomic E-state index is 0.326. The molecule has 0 amide bonds. The maximum Gasteiger partial charge on any atom is 0.339 e. The lowest BCUT2D eigenvalue weighted by Gasteiger charge is -2.07. The number of ether oxygens (including phenoxy) is 1. The maximum atomic E-state index is 13.0. The molecule has 0 aliphatic heterocycles. The number of hydrogen-bond acceptors (Lipinski definition) is 3. The minimum atomic E-state index is -0.395. The first-order valence-electron chi connectivity index (χ1n) is 4.78. The Balaban J connectivity index is 2.99. The van der Waals surface area contributed by atoms with E-state index in [-0.39, 0.29) is 5.82 Å². The van der Waals surface area contributed by atoms with Crippen molar-refractivity contribution in [3.05, 3.63) is 29.6 Å². The molecular weight excluding hydrogens is 215 g/mol. The fourth-order valence-corrected chi connectivity index (χ4v) is 1.96. The van der Waals surface area contributed by atoms with Gasteiger partial charge in [-0.15, -0.1) is 11.8 Å². The van der Waals surface area contributed by atoms with Crippen molar-refractivity contribution in [2.24, 2.45) is 0 Å². The summed E-state index contributed by atoms with van der Waals surface area (Å²) in [7, 11) is 0. The molecule has 0 saturated heterocycles. The summed E-state index contributed by atoms with van der Waals surface area (Å²) in [6.07, 6.45) is 0. The zero-order valence-corrected chi connectivity index (χ0v) is 9.57. The van der Waals surface area contributed by atoms with E-state index in [0.717, 1.165) is 5.75 Å². The summed E-state index contributed by atoms with van der Waals surface area (Å²) in [5.41, 5.74) is 0.435. The zero-order valence-electron chi connectivity index (χ0n) is 8.75. The molecule has 0 aliphatic carbocycles. The molecule has 0 radical (unpaired) electrons. The Labute approximate surface area is 92.8 Å². The van der Waals surface area contributed by atoms with Crippen LogP contribution in [0.25, 0.3) is 0 Å². The molecule has 0 fully saturated rings. The van der Waals surface area contributed by atoms with Crippen LogP contribution in [0, 0.1) is 5.82 Å². The van der Waals surface area contributed by atoms with Crippen LogP contribution >= 0.6 is 11.8 Å². The van der Waals surface area contributed by atoms with E-state index in [0.29, 0.717) is 17.1 Å². The quantitative estimate of drug-likeness (QED) is 0.585. The lowest BCUT2D eigenvalue weighted by molar-refractivity contribution is 0.0522. The van der Waals surface area contributed by atoms with E-state index in [1.807, 2.05) is 6.92 Å². The Kier molecular flexibility index (Phi) is 4.62. The Bertz CT molecular complexity index is 352. The second kappa shape index (κ2) is 5.75. The molecule has 0 N–H and O–H groups in total. The smallest absolute Gasteiger partial charge is 0.339 e. The van der Waals surface area contributed by atoms with Crippen LogP contribution in [0.2, 0.25) is 0 Å². The standard InChI is InChI=1S/C11H13FO2S/c1-3-14-11(13)9-6-5-8(12)7-10(9)15-4-2/h5-7H,3-4H2,1-2H3. The van der Waals surface area contributed by atoms with Crippen LogP contribution in [-0.2, 0) is 4.74 Å². The number of rotatable bonds is 4. The Morgan fingerprint density at radius 1 is 1.47 bits per heavy atom. The lowest BCUT2D eigenvalue weighted by Crippen LogP contribution is -2.06. The van der Waals surface area contributed by atoms with Crippen LogP contribution in [-0.4, -0.2) is 18.3 Å². The summed E-state index contributed by atoms with van der Waals surface area (Å²) >= 11 is 1.43. The normalized spacial score (nSPS) is 10.1. The van der Waals surface area contributed by atoms with Crippen molar-refractivity contribution in [2.45, 2.75) is 18.7 Å². The van der Waals surface area contributed by atoms with Gasteiger partial charge in [-0.2, -0.15) is 0 Å². The first kappa shape index (κ1) is 12.0. The topological polar surface area (TPSA) is 26.3 Å². The van der Waals surface area contributed by atoms with Crippen molar-refractivity contribution in [3.63, 3.8) is 0 Å². The SMILES string of the molecule is CCOC(=O)c1ccc(F)cc1SCC. The van der Waals surface area contributed by atoms with E-state index in [1.165, 1.54) is 30.0 Å². The molecule has 0 atom stereocenters. The Hall–Kier alpha value is -1.03. The molecule has 0 heterocycles. The fraction of sp³-hybridized carbons (Fsp3) is 0.364. The van der Waals surface area contributed by atoms with Crippen molar-refractivity contribution in [2.75, 3.05) is 12.4 Å². The molecule has 0 aliphatic rings. The van der Waals surface area contributed by atoms with Gasteiger partial charge in [0.25, 0.3) is 0 Å². The van der Waals surface area contributed by atoms with Crippen molar-refractivity contribution in [3.8, 4) is 0 Å². The first-order valence-corrected chi connectivity index (χ1v) is 5.77. The molecular formula is C11H13FO2S. The number of carbonyl (C=O) groups is 1. The van der Waals surface area contributed by atoms with Crippen molar-refractivity contribution in [1.29, 1.82) is 0 Å². The molecule has 82 valence electrons. The van der Waals surface area contributed by atoms with Gasteiger partial charge in [0.15, 0.2) is 0 Å². The van der Waals surface area contributed by atoms with Gasteiger partial charge in [-0.25, -0.2) is 9.18 Å². The average molecular weight is 228 g/mol. The summed E-state index contributed by atoms with van der Waals surface area (Å²) < 4.78 is 17.8. The van der Waals surface area contributed by atoms with Crippen molar-refractivity contribution in [1.82, 2.24) is 0 Å². The molecule has 4 heteroatoms. The van der Waals surface area contributed by atoms with Gasteiger partial charge in [-0.05, 0) is 30.9 Å². The van der Waals surface area contributed by atoms with E-state index >= 15 is 0 Å². The highest BCUT2D eigenvalue weighted by Crippen LogP contribution is 2.24. The van der Waals surface area contributed by atoms with Gasteiger partial charge in [-0.3, -0.25) is 0 Å². The van der Waals surface area contributed by atoms with Gasteiger partial charge >= 0.3 is 5.97 Å². The van der Waals surface area contributed by atoms with E-state index in [2.05, 4.69) is 0 Å². The highest BCUT2D eigenvalue weighted by molar-refractivity contribution is 7.99. The molecule has 0 spiro atoms. The molecule has 1 aromatic rings. The minimum Gasteiger partial charge on any atom is -0.462 e. The van der Waals surface area contributed by atoms with E-state index < -0.39 is 5.97 Å². The fourth-order valence-electron chi connectivity index (χ4n) is 1.15. The van der Waals surface area contributed by atoms with Gasteiger partial charge < -0.3 is 4.74 Å².